The van der Waals surface area contributed by atoms with Gasteiger partial charge in [0, 0.05) is 16.1 Å². The maximum atomic E-state index is 6.27. The monoisotopic (exact) mass is 309 g/mol. The number of methoxy groups -OCH3 is 1. The number of hydrogen-bond donors (Lipinski definition) is 1. The lowest BCUT2D eigenvalue weighted by Gasteiger charge is -2.16. The zero-order chi connectivity index (χ0) is 14.7. The molecule has 4 heteroatoms. The lowest BCUT2D eigenvalue weighted by Crippen LogP contribution is -2.14. The number of rotatable bonds is 4. The van der Waals surface area contributed by atoms with Gasteiger partial charge < -0.3 is 10.5 Å². The van der Waals surface area contributed by atoms with Crippen molar-refractivity contribution in [2.75, 3.05) is 7.11 Å². The summed E-state index contributed by atoms with van der Waals surface area (Å²) in [4.78, 5) is 0. The van der Waals surface area contributed by atoms with Crippen LogP contribution in [0.3, 0.4) is 0 Å². The molecule has 2 aromatic rings. The van der Waals surface area contributed by atoms with Crippen LogP contribution in [0.15, 0.2) is 36.4 Å². The van der Waals surface area contributed by atoms with E-state index < -0.39 is 0 Å². The average Bonchev–Trinajstić information content (AvgIpc) is 2.38. The van der Waals surface area contributed by atoms with Gasteiger partial charge in [-0.05, 0) is 42.7 Å². The highest BCUT2D eigenvalue weighted by atomic mass is 35.5. The van der Waals surface area contributed by atoms with Crippen LogP contribution in [-0.4, -0.2) is 7.11 Å². The first-order valence-electron chi connectivity index (χ1n) is 6.35. The normalized spacial score (nSPS) is 12.2. The molecule has 0 aromatic heterocycles. The van der Waals surface area contributed by atoms with E-state index in [9.17, 15) is 0 Å². The lowest BCUT2D eigenvalue weighted by molar-refractivity contribution is 0.408. The lowest BCUT2D eigenvalue weighted by atomic mass is 9.98. The van der Waals surface area contributed by atoms with Crippen LogP contribution in [0.1, 0.15) is 22.7 Å². The first kappa shape index (κ1) is 15.2. The molecular formula is C16H17Cl2NO. The van der Waals surface area contributed by atoms with Gasteiger partial charge in [0.25, 0.3) is 0 Å². The first-order chi connectivity index (χ1) is 9.51. The largest absolute Gasteiger partial charge is 0.496 e. The molecular weight excluding hydrogens is 293 g/mol. The SMILES string of the molecule is COc1ccc(C)cc1CC(N)c1ccc(Cl)cc1Cl. The van der Waals surface area contributed by atoms with E-state index in [0.29, 0.717) is 16.5 Å². The fourth-order valence-electron chi connectivity index (χ4n) is 2.22. The van der Waals surface area contributed by atoms with Crippen LogP contribution >= 0.6 is 23.2 Å². The van der Waals surface area contributed by atoms with E-state index >= 15 is 0 Å². The third-order valence-corrected chi connectivity index (χ3v) is 3.80. The van der Waals surface area contributed by atoms with Crippen molar-refractivity contribution in [1.82, 2.24) is 0 Å². The van der Waals surface area contributed by atoms with E-state index in [1.807, 2.05) is 25.1 Å². The maximum Gasteiger partial charge on any atom is 0.122 e. The standard InChI is InChI=1S/C16H17Cl2NO/c1-10-3-6-16(20-2)11(7-10)8-15(19)13-5-4-12(17)9-14(13)18/h3-7,9,15H,8,19H2,1-2H3. The molecule has 0 amide bonds. The maximum absolute atomic E-state index is 6.27. The number of aryl methyl sites for hydroxylation is 1. The van der Waals surface area contributed by atoms with Crippen LogP contribution in [0.4, 0.5) is 0 Å². The summed E-state index contributed by atoms with van der Waals surface area (Å²) in [5, 5.41) is 1.20. The van der Waals surface area contributed by atoms with Gasteiger partial charge >= 0.3 is 0 Å². The van der Waals surface area contributed by atoms with Crippen LogP contribution in [-0.2, 0) is 6.42 Å². The van der Waals surface area contributed by atoms with Crippen molar-refractivity contribution in [2.45, 2.75) is 19.4 Å². The van der Waals surface area contributed by atoms with Crippen molar-refractivity contribution >= 4 is 23.2 Å². The van der Waals surface area contributed by atoms with Gasteiger partial charge in [-0.3, -0.25) is 0 Å². The highest BCUT2D eigenvalue weighted by Crippen LogP contribution is 2.29. The molecule has 0 heterocycles. The molecule has 0 saturated carbocycles. The summed E-state index contributed by atoms with van der Waals surface area (Å²) < 4.78 is 5.38. The summed E-state index contributed by atoms with van der Waals surface area (Å²) in [6.07, 6.45) is 0.659. The summed E-state index contributed by atoms with van der Waals surface area (Å²) >= 11 is 12.1. The average molecular weight is 310 g/mol. The molecule has 0 radical (unpaired) electrons. The second-order valence-electron chi connectivity index (χ2n) is 4.79. The molecule has 2 aromatic carbocycles. The van der Waals surface area contributed by atoms with Crippen LogP contribution in [0.2, 0.25) is 10.0 Å². The van der Waals surface area contributed by atoms with Gasteiger partial charge in [-0.1, -0.05) is 47.0 Å². The molecule has 0 aliphatic carbocycles. The van der Waals surface area contributed by atoms with E-state index in [-0.39, 0.29) is 6.04 Å². The topological polar surface area (TPSA) is 35.2 Å². The van der Waals surface area contributed by atoms with E-state index in [4.69, 9.17) is 33.7 Å². The summed E-state index contributed by atoms with van der Waals surface area (Å²) in [5.41, 5.74) is 9.41. The van der Waals surface area contributed by atoms with Crippen molar-refractivity contribution in [1.29, 1.82) is 0 Å². The van der Waals surface area contributed by atoms with Crippen molar-refractivity contribution in [3.63, 3.8) is 0 Å². The van der Waals surface area contributed by atoms with Crippen LogP contribution in [0.25, 0.3) is 0 Å². The number of ether oxygens (including phenoxy) is 1. The minimum Gasteiger partial charge on any atom is -0.496 e. The zero-order valence-electron chi connectivity index (χ0n) is 11.5. The number of nitrogens with two attached hydrogens (primary N) is 1. The molecule has 0 aliphatic heterocycles. The Balaban J connectivity index is 2.27. The van der Waals surface area contributed by atoms with Gasteiger partial charge in [0.15, 0.2) is 0 Å². The Bertz CT molecular complexity index is 613. The minimum atomic E-state index is -0.199. The molecule has 0 spiro atoms. The fourth-order valence-corrected chi connectivity index (χ4v) is 2.76. The van der Waals surface area contributed by atoms with Crippen molar-refractivity contribution in [3.05, 3.63) is 63.1 Å². The van der Waals surface area contributed by atoms with E-state index in [2.05, 4.69) is 6.07 Å². The van der Waals surface area contributed by atoms with Crippen LogP contribution < -0.4 is 10.5 Å². The summed E-state index contributed by atoms with van der Waals surface area (Å²) in [6, 6.07) is 11.3. The Morgan fingerprint density at radius 1 is 1.15 bits per heavy atom. The highest BCUT2D eigenvalue weighted by molar-refractivity contribution is 6.35. The summed E-state index contributed by atoms with van der Waals surface area (Å²) in [5.74, 6) is 0.844. The summed E-state index contributed by atoms with van der Waals surface area (Å²) in [6.45, 7) is 2.05. The third kappa shape index (κ3) is 3.45. The van der Waals surface area contributed by atoms with Gasteiger partial charge in [0.2, 0.25) is 0 Å². The Labute approximate surface area is 129 Å². The van der Waals surface area contributed by atoms with E-state index in [1.54, 1.807) is 19.2 Å². The number of halogens is 2. The number of benzene rings is 2. The minimum absolute atomic E-state index is 0.199. The second kappa shape index (κ2) is 6.49. The molecule has 2 N–H and O–H groups in total. The van der Waals surface area contributed by atoms with Gasteiger partial charge in [0.1, 0.15) is 5.75 Å². The quantitative estimate of drug-likeness (QED) is 0.899. The summed E-state index contributed by atoms with van der Waals surface area (Å²) in [7, 11) is 1.66. The molecule has 1 atom stereocenters. The predicted molar refractivity (Wildman–Crippen MR) is 84.8 cm³/mol. The highest BCUT2D eigenvalue weighted by Gasteiger charge is 2.14. The van der Waals surface area contributed by atoms with Crippen LogP contribution in [0.5, 0.6) is 5.75 Å². The zero-order valence-corrected chi connectivity index (χ0v) is 13.0. The van der Waals surface area contributed by atoms with Gasteiger partial charge in [-0.15, -0.1) is 0 Å². The van der Waals surface area contributed by atoms with Crippen molar-refractivity contribution in [3.8, 4) is 5.75 Å². The second-order valence-corrected chi connectivity index (χ2v) is 5.64. The van der Waals surface area contributed by atoms with E-state index in [0.717, 1.165) is 16.9 Å². The predicted octanol–water partition coefficient (Wildman–Crippen LogP) is 4.55. The fraction of sp³-hybridized carbons (Fsp3) is 0.250. The van der Waals surface area contributed by atoms with Crippen molar-refractivity contribution < 1.29 is 4.74 Å². The van der Waals surface area contributed by atoms with Gasteiger partial charge in [-0.2, -0.15) is 0 Å². The molecule has 0 fully saturated rings. The first-order valence-corrected chi connectivity index (χ1v) is 7.11. The van der Waals surface area contributed by atoms with Gasteiger partial charge in [-0.25, -0.2) is 0 Å². The molecule has 1 unspecified atom stereocenters. The molecule has 2 nitrogen and oxygen atoms in total. The van der Waals surface area contributed by atoms with Crippen molar-refractivity contribution in [2.24, 2.45) is 5.73 Å². The molecule has 106 valence electrons. The molecule has 0 bridgehead atoms. The Kier molecular flexibility index (Phi) is 4.92. The van der Waals surface area contributed by atoms with Crippen LogP contribution in [0, 0.1) is 6.92 Å². The molecule has 0 saturated heterocycles. The van der Waals surface area contributed by atoms with Gasteiger partial charge in [0.05, 0.1) is 7.11 Å². The third-order valence-electron chi connectivity index (χ3n) is 3.24. The number of hydrogen-bond acceptors (Lipinski definition) is 2. The molecule has 0 aliphatic rings. The smallest absolute Gasteiger partial charge is 0.122 e. The Morgan fingerprint density at radius 2 is 1.90 bits per heavy atom. The Morgan fingerprint density at radius 3 is 2.55 bits per heavy atom. The Hall–Kier alpha value is -1.22. The molecule has 2 rings (SSSR count). The van der Waals surface area contributed by atoms with E-state index in [1.165, 1.54) is 5.56 Å². The molecule has 20 heavy (non-hydrogen) atoms.